The number of rotatable bonds is 6. The van der Waals surface area contributed by atoms with Crippen molar-refractivity contribution in [3.8, 4) is 27.7 Å². The van der Waals surface area contributed by atoms with Crippen LogP contribution in [-0.4, -0.2) is 63.2 Å². The van der Waals surface area contributed by atoms with Gasteiger partial charge < -0.3 is 19.1 Å². The third-order valence-corrected chi connectivity index (χ3v) is 7.98. The first-order valence-electron chi connectivity index (χ1n) is 11.6. The minimum absolute atomic E-state index is 0.153. The molecular formula is C27H30N2O4S. The van der Waals surface area contributed by atoms with Crippen LogP contribution < -0.4 is 14.2 Å². The molecule has 178 valence electrons. The molecule has 3 aromatic rings. The molecule has 1 aromatic heterocycles. The maximum Gasteiger partial charge on any atom is 0.264 e. The summed E-state index contributed by atoms with van der Waals surface area (Å²) in [7, 11) is 4.89. The summed E-state index contributed by atoms with van der Waals surface area (Å²) in [5.74, 6) is 2.12. The lowest BCUT2D eigenvalue weighted by Gasteiger charge is -2.34. The second kappa shape index (κ2) is 9.68. The van der Waals surface area contributed by atoms with E-state index in [0.717, 1.165) is 42.9 Å². The topological polar surface area (TPSA) is 51.2 Å². The summed E-state index contributed by atoms with van der Waals surface area (Å²) >= 11 is 1.65. The number of nitrogens with zero attached hydrogens (tertiary/aromatic N) is 2. The number of benzene rings is 2. The first-order chi connectivity index (χ1) is 16.6. The van der Waals surface area contributed by atoms with Crippen molar-refractivity contribution in [3.63, 3.8) is 0 Å². The van der Waals surface area contributed by atoms with Crippen molar-refractivity contribution in [2.45, 2.75) is 19.4 Å². The minimum atomic E-state index is 0.153. The molecule has 0 atom stereocenters. The Labute approximate surface area is 204 Å². The molecule has 0 unspecified atom stereocenters. The molecule has 6 nitrogen and oxygen atoms in total. The van der Waals surface area contributed by atoms with Crippen molar-refractivity contribution < 1.29 is 19.0 Å². The predicted molar refractivity (Wildman–Crippen MR) is 134 cm³/mol. The fourth-order valence-electron chi connectivity index (χ4n) is 4.97. The summed E-state index contributed by atoms with van der Waals surface area (Å²) in [6, 6.07) is 14.6. The zero-order valence-corrected chi connectivity index (χ0v) is 20.7. The highest BCUT2D eigenvalue weighted by molar-refractivity contribution is 7.17. The molecule has 0 radical (unpaired) electrons. The Balaban J connectivity index is 1.25. The van der Waals surface area contributed by atoms with Crippen molar-refractivity contribution >= 4 is 17.2 Å². The zero-order valence-electron chi connectivity index (χ0n) is 19.9. The highest BCUT2D eigenvalue weighted by Crippen LogP contribution is 2.41. The van der Waals surface area contributed by atoms with E-state index in [1.807, 2.05) is 17.0 Å². The number of thiophene rings is 1. The van der Waals surface area contributed by atoms with Crippen molar-refractivity contribution in [1.29, 1.82) is 0 Å². The van der Waals surface area contributed by atoms with Crippen LogP contribution in [0.4, 0.5) is 0 Å². The highest BCUT2D eigenvalue weighted by atomic mass is 32.1. The van der Waals surface area contributed by atoms with E-state index in [2.05, 4.69) is 35.2 Å². The smallest absolute Gasteiger partial charge is 0.264 e. The Bertz CT molecular complexity index is 1200. The maximum absolute atomic E-state index is 13.3. The van der Waals surface area contributed by atoms with Gasteiger partial charge in [0.25, 0.3) is 5.91 Å². The quantitative estimate of drug-likeness (QED) is 0.522. The van der Waals surface area contributed by atoms with Crippen LogP contribution in [0.15, 0.2) is 42.5 Å². The van der Waals surface area contributed by atoms with E-state index in [4.69, 9.17) is 14.2 Å². The fraction of sp³-hybridized carbons (Fsp3) is 0.370. The highest BCUT2D eigenvalue weighted by Gasteiger charge is 2.27. The van der Waals surface area contributed by atoms with E-state index in [9.17, 15) is 4.79 Å². The average Bonchev–Trinajstić information content (AvgIpc) is 3.33. The van der Waals surface area contributed by atoms with Crippen LogP contribution >= 0.6 is 11.3 Å². The Morgan fingerprint density at radius 1 is 0.882 bits per heavy atom. The molecule has 0 bridgehead atoms. The number of fused-ring (bicyclic) bond motifs is 3. The molecule has 1 aliphatic heterocycles. The molecule has 0 spiro atoms. The van der Waals surface area contributed by atoms with Crippen LogP contribution in [0.3, 0.4) is 0 Å². The second-order valence-corrected chi connectivity index (χ2v) is 9.74. The Morgan fingerprint density at radius 2 is 1.62 bits per heavy atom. The predicted octanol–water partition coefficient (Wildman–Crippen LogP) is 4.50. The van der Waals surface area contributed by atoms with Gasteiger partial charge >= 0.3 is 0 Å². The van der Waals surface area contributed by atoms with Gasteiger partial charge in [0, 0.05) is 43.2 Å². The van der Waals surface area contributed by atoms with Crippen LogP contribution in [0.25, 0.3) is 10.4 Å². The summed E-state index contributed by atoms with van der Waals surface area (Å²) in [6.07, 6.45) is 2.06. The molecule has 1 fully saturated rings. The number of amides is 1. The van der Waals surface area contributed by atoms with Gasteiger partial charge in [0.1, 0.15) is 0 Å². The molecule has 0 N–H and O–H groups in total. The normalized spacial score (nSPS) is 15.4. The first kappa shape index (κ1) is 22.7. The van der Waals surface area contributed by atoms with Gasteiger partial charge in [-0.2, -0.15) is 0 Å². The van der Waals surface area contributed by atoms with Gasteiger partial charge in [0.15, 0.2) is 11.5 Å². The van der Waals surface area contributed by atoms with Gasteiger partial charge in [-0.25, -0.2) is 0 Å². The lowest BCUT2D eigenvalue weighted by Crippen LogP contribution is -2.48. The maximum atomic E-state index is 13.3. The molecule has 1 aliphatic carbocycles. The molecule has 2 heterocycles. The zero-order chi connectivity index (χ0) is 23.7. The molecule has 1 amide bonds. The number of ether oxygens (including phenoxy) is 3. The van der Waals surface area contributed by atoms with Crippen LogP contribution in [-0.2, 0) is 19.4 Å². The van der Waals surface area contributed by atoms with E-state index in [1.54, 1.807) is 32.7 Å². The third kappa shape index (κ3) is 4.14. The van der Waals surface area contributed by atoms with Gasteiger partial charge in [0.2, 0.25) is 5.75 Å². The molecule has 5 rings (SSSR count). The first-order valence-corrected chi connectivity index (χ1v) is 12.4. The summed E-state index contributed by atoms with van der Waals surface area (Å²) in [6.45, 7) is 3.80. The number of hydrogen-bond donors (Lipinski definition) is 0. The minimum Gasteiger partial charge on any atom is -0.493 e. The summed E-state index contributed by atoms with van der Waals surface area (Å²) < 4.78 is 16.6. The summed E-state index contributed by atoms with van der Waals surface area (Å²) in [5.41, 5.74) is 5.03. The van der Waals surface area contributed by atoms with Crippen molar-refractivity contribution in [3.05, 3.63) is 64.0 Å². The van der Waals surface area contributed by atoms with Crippen molar-refractivity contribution in [1.82, 2.24) is 9.80 Å². The van der Waals surface area contributed by atoms with E-state index in [-0.39, 0.29) is 5.91 Å². The van der Waals surface area contributed by atoms with Crippen molar-refractivity contribution in [2.24, 2.45) is 0 Å². The number of hydrogen-bond acceptors (Lipinski definition) is 6. The van der Waals surface area contributed by atoms with Crippen molar-refractivity contribution in [2.75, 3.05) is 47.5 Å². The Morgan fingerprint density at radius 3 is 2.35 bits per heavy atom. The standard InChI is InChI=1S/C27H30N2O4S/c1-31-22-11-10-20(24(32-2)25(22)33-3)17-28-12-14-29(15-13-28)27(30)23-16-19-9-8-18-6-4-5-7-21(18)26(19)34-23/h4-7,10-11,16H,8-9,12-15,17H2,1-3H3. The van der Waals surface area contributed by atoms with Crippen LogP contribution in [0.5, 0.6) is 17.2 Å². The van der Waals surface area contributed by atoms with E-state index < -0.39 is 0 Å². The van der Waals surface area contributed by atoms with Crippen LogP contribution in [0.1, 0.15) is 26.4 Å². The molecule has 1 saturated heterocycles. The monoisotopic (exact) mass is 478 g/mol. The van der Waals surface area contributed by atoms with Gasteiger partial charge in [-0.3, -0.25) is 9.69 Å². The van der Waals surface area contributed by atoms with Crippen LogP contribution in [0.2, 0.25) is 0 Å². The van der Waals surface area contributed by atoms with Gasteiger partial charge in [0.05, 0.1) is 26.2 Å². The number of aryl methyl sites for hydroxylation is 2. The molecule has 2 aliphatic rings. The lowest BCUT2D eigenvalue weighted by molar-refractivity contribution is 0.0632. The largest absolute Gasteiger partial charge is 0.493 e. The SMILES string of the molecule is COc1ccc(CN2CCN(C(=O)c3cc4c(s3)-c3ccccc3CC4)CC2)c(OC)c1OC. The molecule has 2 aromatic carbocycles. The Kier molecular flexibility index (Phi) is 6.48. The molecular weight excluding hydrogens is 448 g/mol. The van der Waals surface area contributed by atoms with Gasteiger partial charge in [-0.05, 0) is 41.7 Å². The number of carbonyl (C=O) groups is 1. The van der Waals surface area contributed by atoms with Gasteiger partial charge in [-0.15, -0.1) is 11.3 Å². The number of piperazine rings is 1. The third-order valence-electron chi connectivity index (χ3n) is 6.78. The fourth-order valence-corrected chi connectivity index (χ4v) is 6.21. The van der Waals surface area contributed by atoms with E-state index in [1.165, 1.54) is 21.6 Å². The van der Waals surface area contributed by atoms with E-state index in [0.29, 0.717) is 30.3 Å². The molecule has 7 heteroatoms. The lowest BCUT2D eigenvalue weighted by atomic mass is 9.91. The molecule has 34 heavy (non-hydrogen) atoms. The number of carbonyl (C=O) groups excluding carboxylic acids is 1. The average molecular weight is 479 g/mol. The van der Waals surface area contributed by atoms with Gasteiger partial charge in [-0.1, -0.05) is 30.3 Å². The Hall–Kier alpha value is -3.03. The summed E-state index contributed by atoms with van der Waals surface area (Å²) in [5, 5.41) is 0. The van der Waals surface area contributed by atoms with E-state index >= 15 is 0 Å². The summed E-state index contributed by atoms with van der Waals surface area (Å²) in [4.78, 5) is 19.8. The molecule has 0 saturated carbocycles. The second-order valence-electron chi connectivity index (χ2n) is 8.68. The number of methoxy groups -OCH3 is 3. The van der Waals surface area contributed by atoms with Crippen LogP contribution in [0, 0.1) is 0 Å².